The number of hydrogen-bond donors (Lipinski definition) is 1. The molecule has 0 saturated carbocycles. The topological polar surface area (TPSA) is 20.2 Å². The van der Waals surface area contributed by atoms with Crippen molar-refractivity contribution in [3.63, 3.8) is 0 Å². The third kappa shape index (κ3) is 1.79. The van der Waals surface area contributed by atoms with Gasteiger partial charge in [-0.25, -0.2) is 0 Å². The molecule has 3 aromatic rings. The van der Waals surface area contributed by atoms with Crippen molar-refractivity contribution in [2.45, 2.75) is 20.3 Å². The minimum Gasteiger partial charge on any atom is -0.508 e. The first-order valence-corrected chi connectivity index (χ1v) is 7.66. The Labute approximate surface area is 130 Å². The van der Waals surface area contributed by atoms with Crippen LogP contribution in [-0.4, -0.2) is 5.11 Å². The number of aromatic hydroxyl groups is 1. The van der Waals surface area contributed by atoms with Crippen LogP contribution in [0.3, 0.4) is 0 Å². The van der Waals surface area contributed by atoms with Crippen LogP contribution in [0, 0.1) is 13.8 Å². The molecule has 1 heteroatoms. The molecule has 22 heavy (non-hydrogen) atoms. The van der Waals surface area contributed by atoms with E-state index in [0.717, 1.165) is 17.5 Å². The van der Waals surface area contributed by atoms with Gasteiger partial charge in [-0.1, -0.05) is 48.5 Å². The van der Waals surface area contributed by atoms with E-state index in [4.69, 9.17) is 0 Å². The lowest BCUT2D eigenvalue weighted by molar-refractivity contribution is 0.470. The molecule has 0 heterocycles. The second-order valence-corrected chi connectivity index (χ2v) is 6.05. The van der Waals surface area contributed by atoms with Gasteiger partial charge in [0.25, 0.3) is 0 Å². The first-order valence-electron chi connectivity index (χ1n) is 7.66. The smallest absolute Gasteiger partial charge is 0.118 e. The van der Waals surface area contributed by atoms with Gasteiger partial charge in [0.05, 0.1) is 0 Å². The predicted octanol–water partition coefficient (Wildman–Crippen LogP) is 5.25. The van der Waals surface area contributed by atoms with E-state index >= 15 is 0 Å². The molecule has 0 spiro atoms. The summed E-state index contributed by atoms with van der Waals surface area (Å²) in [7, 11) is 0. The molecule has 1 N–H and O–H groups in total. The van der Waals surface area contributed by atoms with E-state index in [9.17, 15) is 5.11 Å². The molecular formula is C21H18O. The number of phenolic OH excluding ortho intramolecular Hbond substituents is 1. The number of hydrogen-bond acceptors (Lipinski definition) is 1. The number of phenols is 1. The maximum atomic E-state index is 9.91. The summed E-state index contributed by atoms with van der Waals surface area (Å²) >= 11 is 0. The second-order valence-electron chi connectivity index (χ2n) is 6.05. The van der Waals surface area contributed by atoms with Gasteiger partial charge in [-0.3, -0.25) is 0 Å². The quantitative estimate of drug-likeness (QED) is 0.507. The van der Waals surface area contributed by atoms with Crippen molar-refractivity contribution in [3.8, 4) is 28.0 Å². The number of benzene rings is 3. The molecule has 0 atom stereocenters. The van der Waals surface area contributed by atoms with Crippen LogP contribution in [0.15, 0.2) is 54.6 Å². The van der Waals surface area contributed by atoms with Crippen molar-refractivity contribution in [3.05, 3.63) is 76.9 Å². The third-order valence-electron chi connectivity index (χ3n) is 4.90. The molecule has 0 aliphatic heterocycles. The van der Waals surface area contributed by atoms with Crippen molar-refractivity contribution >= 4 is 0 Å². The third-order valence-corrected chi connectivity index (χ3v) is 4.90. The fourth-order valence-corrected chi connectivity index (χ4v) is 3.51. The highest BCUT2D eigenvalue weighted by atomic mass is 16.3. The standard InChI is InChI=1S/C21H18O/c1-13-14(2)21(22)11-10-16(13)18-8-5-9-19-17-7-4-3-6-15(17)12-20(18)19/h3-11,22H,12H2,1-2H3. The Hall–Kier alpha value is -2.54. The lowest BCUT2D eigenvalue weighted by Gasteiger charge is -2.14. The van der Waals surface area contributed by atoms with Gasteiger partial charge in [-0.2, -0.15) is 0 Å². The van der Waals surface area contributed by atoms with Crippen LogP contribution in [0.4, 0.5) is 0 Å². The van der Waals surface area contributed by atoms with E-state index in [1.165, 1.54) is 33.4 Å². The summed E-state index contributed by atoms with van der Waals surface area (Å²) in [6.45, 7) is 4.07. The van der Waals surface area contributed by atoms with Crippen LogP contribution < -0.4 is 0 Å². The van der Waals surface area contributed by atoms with Crippen molar-refractivity contribution in [1.29, 1.82) is 0 Å². The fraction of sp³-hybridized carbons (Fsp3) is 0.143. The molecule has 0 saturated heterocycles. The molecule has 108 valence electrons. The maximum Gasteiger partial charge on any atom is 0.118 e. The molecule has 1 aliphatic carbocycles. The molecule has 0 aromatic heterocycles. The molecule has 1 aliphatic rings. The van der Waals surface area contributed by atoms with Crippen molar-refractivity contribution in [2.24, 2.45) is 0 Å². The Morgan fingerprint density at radius 2 is 1.36 bits per heavy atom. The first kappa shape index (κ1) is 13.1. The van der Waals surface area contributed by atoms with Crippen molar-refractivity contribution < 1.29 is 5.11 Å². The Kier molecular flexibility index (Phi) is 2.83. The minimum atomic E-state index is 0.372. The van der Waals surface area contributed by atoms with Gasteiger partial charge < -0.3 is 5.11 Å². The molecule has 0 bridgehead atoms. The summed E-state index contributed by atoms with van der Waals surface area (Å²) in [4.78, 5) is 0. The van der Waals surface area contributed by atoms with Gasteiger partial charge in [0.2, 0.25) is 0 Å². The fourth-order valence-electron chi connectivity index (χ4n) is 3.51. The van der Waals surface area contributed by atoms with Crippen LogP contribution in [0.1, 0.15) is 22.3 Å². The zero-order chi connectivity index (χ0) is 15.3. The van der Waals surface area contributed by atoms with Crippen LogP contribution >= 0.6 is 0 Å². The SMILES string of the molecule is Cc1c(O)ccc(-c2cccc3c2Cc2ccccc2-3)c1C. The molecule has 3 aromatic carbocycles. The average Bonchev–Trinajstić information content (AvgIpc) is 2.92. The Morgan fingerprint density at radius 1 is 0.682 bits per heavy atom. The maximum absolute atomic E-state index is 9.91. The van der Waals surface area contributed by atoms with Crippen LogP contribution in [0.25, 0.3) is 22.3 Å². The summed E-state index contributed by atoms with van der Waals surface area (Å²) in [5.74, 6) is 0.372. The summed E-state index contributed by atoms with van der Waals surface area (Å²) in [6.07, 6.45) is 0.987. The van der Waals surface area contributed by atoms with Crippen molar-refractivity contribution in [1.82, 2.24) is 0 Å². The summed E-state index contributed by atoms with van der Waals surface area (Å²) in [6, 6.07) is 19.0. The highest BCUT2D eigenvalue weighted by Crippen LogP contribution is 2.42. The first-order chi connectivity index (χ1) is 10.7. The normalized spacial score (nSPS) is 12.1. The zero-order valence-electron chi connectivity index (χ0n) is 12.9. The van der Waals surface area contributed by atoms with E-state index < -0.39 is 0 Å². The van der Waals surface area contributed by atoms with Crippen molar-refractivity contribution in [2.75, 3.05) is 0 Å². The van der Waals surface area contributed by atoms with Crippen LogP contribution in [0.5, 0.6) is 5.75 Å². The largest absolute Gasteiger partial charge is 0.508 e. The lowest BCUT2D eigenvalue weighted by Crippen LogP contribution is -1.92. The van der Waals surface area contributed by atoms with E-state index in [2.05, 4.69) is 49.4 Å². The summed E-state index contributed by atoms with van der Waals surface area (Å²) in [5.41, 5.74) is 10.1. The monoisotopic (exact) mass is 286 g/mol. The number of fused-ring (bicyclic) bond motifs is 3. The van der Waals surface area contributed by atoms with E-state index in [1.54, 1.807) is 6.07 Å². The zero-order valence-corrected chi connectivity index (χ0v) is 12.9. The predicted molar refractivity (Wildman–Crippen MR) is 91.3 cm³/mol. The summed E-state index contributed by atoms with van der Waals surface area (Å²) < 4.78 is 0. The molecule has 0 amide bonds. The van der Waals surface area contributed by atoms with E-state index in [0.29, 0.717) is 5.75 Å². The Balaban J connectivity index is 1.96. The van der Waals surface area contributed by atoms with Crippen LogP contribution in [0.2, 0.25) is 0 Å². The molecular weight excluding hydrogens is 268 g/mol. The molecule has 1 nitrogen and oxygen atoms in total. The Morgan fingerprint density at radius 3 is 2.18 bits per heavy atom. The van der Waals surface area contributed by atoms with E-state index in [1.807, 2.05) is 13.0 Å². The van der Waals surface area contributed by atoms with Gasteiger partial charge in [0, 0.05) is 0 Å². The lowest BCUT2D eigenvalue weighted by atomic mass is 9.91. The van der Waals surface area contributed by atoms with Gasteiger partial charge >= 0.3 is 0 Å². The molecule has 4 rings (SSSR count). The van der Waals surface area contributed by atoms with Gasteiger partial charge in [0.15, 0.2) is 0 Å². The molecule has 0 unspecified atom stereocenters. The van der Waals surface area contributed by atoms with Crippen LogP contribution in [-0.2, 0) is 6.42 Å². The van der Waals surface area contributed by atoms with Gasteiger partial charge in [-0.05, 0) is 70.8 Å². The van der Waals surface area contributed by atoms with Gasteiger partial charge in [-0.15, -0.1) is 0 Å². The Bertz CT molecular complexity index is 890. The average molecular weight is 286 g/mol. The minimum absolute atomic E-state index is 0.372. The number of rotatable bonds is 1. The summed E-state index contributed by atoms with van der Waals surface area (Å²) in [5, 5.41) is 9.91. The second kappa shape index (κ2) is 4.74. The van der Waals surface area contributed by atoms with Gasteiger partial charge in [0.1, 0.15) is 5.75 Å². The highest BCUT2D eigenvalue weighted by Gasteiger charge is 2.21. The molecule has 0 radical (unpaired) electrons. The molecule has 0 fully saturated rings. The van der Waals surface area contributed by atoms with E-state index in [-0.39, 0.29) is 0 Å². The highest BCUT2D eigenvalue weighted by molar-refractivity contribution is 5.86.